The van der Waals surface area contributed by atoms with Gasteiger partial charge in [-0.15, -0.1) is 0 Å². The van der Waals surface area contributed by atoms with Crippen LogP contribution in [0, 0.1) is 5.82 Å². The molecule has 214 valence electrons. The van der Waals surface area contributed by atoms with Crippen LogP contribution in [0.2, 0.25) is 0 Å². The number of halogens is 2. The molecule has 0 spiro atoms. The van der Waals surface area contributed by atoms with Gasteiger partial charge >= 0.3 is 14.0 Å². The van der Waals surface area contributed by atoms with Crippen LogP contribution in [0.25, 0.3) is 11.2 Å². The first kappa shape index (κ1) is 27.3. The van der Waals surface area contributed by atoms with E-state index in [1.54, 1.807) is 19.9 Å². The van der Waals surface area contributed by atoms with E-state index in [1.165, 1.54) is 23.0 Å². The summed E-state index contributed by atoms with van der Waals surface area (Å²) in [7, 11) is -4.07. The Kier molecular flexibility index (Phi) is 6.95. The van der Waals surface area contributed by atoms with E-state index in [9.17, 15) is 13.8 Å². The van der Waals surface area contributed by atoms with Crippen LogP contribution in [0.3, 0.4) is 0 Å². The minimum Gasteiger partial charge on any atom is -0.476 e. The number of rotatable bonds is 7. The van der Waals surface area contributed by atoms with Crippen LogP contribution in [0.1, 0.15) is 38.2 Å². The summed E-state index contributed by atoms with van der Waals surface area (Å²) in [5, 5.41) is 0. The van der Waals surface area contributed by atoms with Crippen LogP contribution in [0.4, 0.5) is 15.1 Å². The van der Waals surface area contributed by atoms with Crippen molar-refractivity contribution in [3.05, 3.63) is 40.4 Å². The summed E-state index contributed by atoms with van der Waals surface area (Å²) in [6.07, 6.45) is -2.63. The number of hydrogen-bond donors (Lipinski definition) is 1. The summed E-state index contributed by atoms with van der Waals surface area (Å²) >= 11 is 3.14. The molecule has 3 aromatic rings. The Labute approximate surface area is 234 Å². The standard InChI is InChI=1S/C23H24BrFN5O9P/c1-3-33-19-16-18(28-21(26)29-19)30(10-27-16)20-23(2)17(37-22(31)38-23)15(36-20)9-35-40(32)34-7-6-14(39-40)11-4-5-13(25)12(24)8-11/h4-5,8,10,14-15,17,20H,3,6-7,9H2,1-2H3,(H2,26,28,29)/t14-,15+,17+,20?,23+,40+/m0/s1. The Bertz CT molecular complexity index is 1530. The number of carbonyl (C=O) groups excluding carboxylic acids is 1. The van der Waals surface area contributed by atoms with Crippen LogP contribution in [-0.4, -0.2) is 63.3 Å². The number of fused-ring (bicyclic) bond motifs is 2. The number of imidazole rings is 1. The van der Waals surface area contributed by atoms with Crippen molar-refractivity contribution in [2.24, 2.45) is 0 Å². The van der Waals surface area contributed by atoms with Crippen molar-refractivity contribution < 1.29 is 46.3 Å². The first-order valence-corrected chi connectivity index (χ1v) is 14.6. The molecule has 3 aliphatic heterocycles. The van der Waals surface area contributed by atoms with E-state index in [-0.39, 0.29) is 35.2 Å². The smallest absolute Gasteiger partial charge is 0.476 e. The third-order valence-corrected chi connectivity index (χ3v) is 8.85. The van der Waals surface area contributed by atoms with Gasteiger partial charge in [0.05, 0.1) is 36.7 Å². The number of phosphoric acid groups is 1. The van der Waals surface area contributed by atoms with Gasteiger partial charge in [-0.1, -0.05) is 6.07 Å². The molecular formula is C23H24BrFN5O9P. The lowest BCUT2D eigenvalue weighted by molar-refractivity contribution is -0.0925. The Hall–Kier alpha value is -2.88. The largest absolute Gasteiger partial charge is 0.509 e. The molecule has 0 amide bonds. The lowest BCUT2D eigenvalue weighted by Gasteiger charge is -2.30. The number of nitrogen functional groups attached to an aromatic ring is 1. The van der Waals surface area contributed by atoms with Crippen molar-refractivity contribution in [1.29, 1.82) is 0 Å². The highest BCUT2D eigenvalue weighted by Gasteiger charge is 2.64. The van der Waals surface area contributed by atoms with Crippen molar-refractivity contribution in [1.82, 2.24) is 19.5 Å². The third kappa shape index (κ3) is 4.72. The number of benzene rings is 1. The number of carbonyl (C=O) groups is 1. The summed E-state index contributed by atoms with van der Waals surface area (Å²) in [6.45, 7) is 3.49. The normalized spacial score (nSPS) is 31.6. The van der Waals surface area contributed by atoms with E-state index in [0.717, 1.165) is 0 Å². The van der Waals surface area contributed by atoms with Gasteiger partial charge in [0.15, 0.2) is 29.1 Å². The molecule has 5 heterocycles. The van der Waals surface area contributed by atoms with E-state index in [4.69, 9.17) is 38.3 Å². The van der Waals surface area contributed by atoms with Gasteiger partial charge in [0.25, 0.3) is 0 Å². The summed E-state index contributed by atoms with van der Waals surface area (Å²) in [4.78, 5) is 24.9. The van der Waals surface area contributed by atoms with Crippen molar-refractivity contribution >= 4 is 47.0 Å². The summed E-state index contributed by atoms with van der Waals surface area (Å²) in [6, 6.07) is 4.36. The van der Waals surface area contributed by atoms with Crippen LogP contribution < -0.4 is 10.5 Å². The lowest BCUT2D eigenvalue weighted by atomic mass is 9.96. The Morgan fingerprint density at radius 3 is 2.95 bits per heavy atom. The molecule has 3 saturated heterocycles. The maximum absolute atomic E-state index is 13.7. The van der Waals surface area contributed by atoms with Crippen LogP contribution in [-0.2, 0) is 32.3 Å². The van der Waals surface area contributed by atoms with E-state index in [0.29, 0.717) is 24.1 Å². The fourth-order valence-corrected chi connectivity index (χ4v) is 6.75. The minimum absolute atomic E-state index is 0.0515. The van der Waals surface area contributed by atoms with Gasteiger partial charge in [-0.2, -0.15) is 9.97 Å². The number of aromatic nitrogens is 4. The first-order valence-electron chi connectivity index (χ1n) is 12.3. The quantitative estimate of drug-likeness (QED) is 0.287. The minimum atomic E-state index is -4.07. The predicted octanol–water partition coefficient (Wildman–Crippen LogP) is 4.20. The van der Waals surface area contributed by atoms with Gasteiger partial charge in [0.1, 0.15) is 11.9 Å². The number of nitrogens with two attached hydrogens (primary N) is 1. The van der Waals surface area contributed by atoms with Crippen LogP contribution in [0.5, 0.6) is 5.88 Å². The number of nitrogens with zero attached hydrogens (tertiary/aromatic N) is 4. The molecule has 0 saturated carbocycles. The van der Waals surface area contributed by atoms with Crippen molar-refractivity contribution in [3.8, 4) is 5.88 Å². The second kappa shape index (κ2) is 10.2. The van der Waals surface area contributed by atoms with E-state index in [2.05, 4.69) is 30.9 Å². The van der Waals surface area contributed by atoms with Crippen molar-refractivity contribution in [2.45, 2.75) is 50.4 Å². The van der Waals surface area contributed by atoms with Gasteiger partial charge in [-0.25, -0.2) is 18.7 Å². The van der Waals surface area contributed by atoms with E-state index < -0.39 is 49.9 Å². The number of ether oxygens (including phenoxy) is 4. The molecule has 1 unspecified atom stereocenters. The molecule has 6 rings (SSSR count). The van der Waals surface area contributed by atoms with Gasteiger partial charge < -0.3 is 24.7 Å². The maximum Gasteiger partial charge on any atom is 0.509 e. The number of hydrogen-bond acceptors (Lipinski definition) is 13. The highest BCUT2D eigenvalue weighted by Crippen LogP contribution is 2.58. The zero-order valence-corrected chi connectivity index (χ0v) is 23.7. The third-order valence-electron chi connectivity index (χ3n) is 6.76. The summed E-state index contributed by atoms with van der Waals surface area (Å²) < 4.78 is 68.3. The molecule has 2 N–H and O–H groups in total. The van der Waals surface area contributed by atoms with E-state index in [1.807, 2.05) is 0 Å². The van der Waals surface area contributed by atoms with Gasteiger partial charge in [-0.3, -0.25) is 18.1 Å². The van der Waals surface area contributed by atoms with Crippen molar-refractivity contribution in [3.63, 3.8) is 0 Å². The average molecular weight is 644 g/mol. The molecule has 40 heavy (non-hydrogen) atoms. The van der Waals surface area contributed by atoms with Gasteiger partial charge in [0, 0.05) is 6.42 Å². The lowest BCUT2D eigenvalue weighted by Crippen LogP contribution is -2.42. The molecule has 1 aromatic carbocycles. The molecule has 0 aliphatic carbocycles. The van der Waals surface area contributed by atoms with Crippen LogP contribution in [0.15, 0.2) is 29.0 Å². The van der Waals surface area contributed by atoms with Crippen LogP contribution >= 0.6 is 23.8 Å². The average Bonchev–Trinajstić information content (AvgIpc) is 3.53. The molecule has 0 radical (unpaired) electrons. The summed E-state index contributed by atoms with van der Waals surface area (Å²) in [5.41, 5.74) is 5.77. The monoisotopic (exact) mass is 643 g/mol. The molecule has 14 nitrogen and oxygen atoms in total. The molecule has 3 fully saturated rings. The Morgan fingerprint density at radius 2 is 2.17 bits per heavy atom. The van der Waals surface area contributed by atoms with Gasteiger partial charge in [0.2, 0.25) is 11.8 Å². The SMILES string of the molecule is CCOc1nc(N)nc2c1ncn2C1O[C@H](CO[P@@]2(=O)OCC[C@@H](c3ccc(F)c(Br)c3)O2)[C@H]2OC(=O)O[C@@]12C. The zero-order valence-electron chi connectivity index (χ0n) is 21.2. The molecule has 6 atom stereocenters. The zero-order chi connectivity index (χ0) is 28.2. The highest BCUT2D eigenvalue weighted by molar-refractivity contribution is 9.10. The topological polar surface area (TPSA) is 168 Å². The summed E-state index contributed by atoms with van der Waals surface area (Å²) in [5.74, 6) is -0.298. The van der Waals surface area contributed by atoms with Gasteiger partial charge in [-0.05, 0) is 47.5 Å². The fraction of sp³-hybridized carbons (Fsp3) is 0.478. The molecule has 0 bridgehead atoms. The highest BCUT2D eigenvalue weighted by atomic mass is 79.9. The number of anilines is 1. The van der Waals surface area contributed by atoms with Crippen molar-refractivity contribution in [2.75, 3.05) is 25.6 Å². The molecular weight excluding hydrogens is 620 g/mol. The molecule has 2 aromatic heterocycles. The fourth-order valence-electron chi connectivity index (χ4n) is 4.96. The molecule has 17 heteroatoms. The Balaban J connectivity index is 1.24. The predicted molar refractivity (Wildman–Crippen MR) is 137 cm³/mol. The van der Waals surface area contributed by atoms with E-state index >= 15 is 0 Å². The second-order valence-electron chi connectivity index (χ2n) is 9.38. The maximum atomic E-state index is 13.7. The Morgan fingerprint density at radius 1 is 1.35 bits per heavy atom. The second-order valence-corrected chi connectivity index (χ2v) is 11.9. The first-order chi connectivity index (χ1) is 19.1. The number of phosphoric ester groups is 1. The molecule has 3 aliphatic rings.